The highest BCUT2D eigenvalue weighted by molar-refractivity contribution is 5.64. The molecule has 1 amide bonds. The summed E-state index contributed by atoms with van der Waals surface area (Å²) in [4.78, 5) is 10.4. The van der Waals surface area contributed by atoms with Crippen LogP contribution in [-0.2, 0) is 17.7 Å². The Balaban J connectivity index is 2.62. The number of rotatable bonds is 6. The highest BCUT2D eigenvalue weighted by atomic mass is 16.5. The minimum absolute atomic E-state index is 0.355. The van der Waals surface area contributed by atoms with Gasteiger partial charge in [0.25, 0.3) is 0 Å². The summed E-state index contributed by atoms with van der Waals surface area (Å²) in [5.41, 5.74) is 3.38. The number of nitrogens with one attached hydrogen (secondary N) is 1. The molecule has 0 aliphatic rings. The van der Waals surface area contributed by atoms with Crippen molar-refractivity contribution in [1.29, 1.82) is 0 Å². The quantitative estimate of drug-likeness (QED) is 0.747. The van der Waals surface area contributed by atoms with Gasteiger partial charge < -0.3 is 15.2 Å². The third-order valence-corrected chi connectivity index (χ3v) is 2.45. The topological polar surface area (TPSA) is 58.6 Å². The van der Waals surface area contributed by atoms with E-state index in [0.717, 1.165) is 30.6 Å². The molecule has 4 heteroatoms. The first-order chi connectivity index (χ1) is 8.11. The third-order valence-electron chi connectivity index (χ3n) is 2.45. The number of amides is 1. The van der Waals surface area contributed by atoms with E-state index in [9.17, 15) is 4.79 Å². The highest BCUT2D eigenvalue weighted by Crippen LogP contribution is 2.11. The molecule has 0 unspecified atom stereocenters. The first-order valence-electron chi connectivity index (χ1n) is 5.67. The van der Waals surface area contributed by atoms with Crippen LogP contribution in [-0.4, -0.2) is 24.9 Å². The molecule has 0 aromatic heterocycles. The normalized spacial score (nSPS) is 10.2. The summed E-state index contributed by atoms with van der Waals surface area (Å²) >= 11 is 0. The Labute approximate surface area is 102 Å². The van der Waals surface area contributed by atoms with Gasteiger partial charge in [-0.3, -0.25) is 0 Å². The number of methoxy groups -OCH3 is 1. The second-order valence-electron chi connectivity index (χ2n) is 4.08. The SMILES string of the molecule is COCCCc1cc(C)cc(CNC(=O)O)c1. The van der Waals surface area contributed by atoms with E-state index in [4.69, 9.17) is 9.84 Å². The van der Waals surface area contributed by atoms with E-state index < -0.39 is 6.09 Å². The van der Waals surface area contributed by atoms with Crippen LogP contribution < -0.4 is 5.32 Å². The summed E-state index contributed by atoms with van der Waals surface area (Å²) in [6.07, 6.45) is 0.939. The second kappa shape index (κ2) is 6.91. The lowest BCUT2D eigenvalue weighted by Gasteiger charge is -2.07. The molecule has 0 aliphatic carbocycles. The van der Waals surface area contributed by atoms with E-state index in [0.29, 0.717) is 6.54 Å². The van der Waals surface area contributed by atoms with Crippen molar-refractivity contribution in [3.63, 3.8) is 0 Å². The predicted octanol–water partition coefficient (Wildman–Crippen LogP) is 2.34. The summed E-state index contributed by atoms with van der Waals surface area (Å²) in [6, 6.07) is 6.16. The second-order valence-corrected chi connectivity index (χ2v) is 4.08. The number of carboxylic acid groups (broad SMARTS) is 1. The Bertz CT molecular complexity index is 377. The van der Waals surface area contributed by atoms with Crippen LogP contribution in [0.25, 0.3) is 0 Å². The van der Waals surface area contributed by atoms with Crippen LogP contribution in [0.1, 0.15) is 23.1 Å². The zero-order chi connectivity index (χ0) is 12.7. The number of hydrogen-bond acceptors (Lipinski definition) is 2. The van der Waals surface area contributed by atoms with E-state index >= 15 is 0 Å². The fourth-order valence-corrected chi connectivity index (χ4v) is 1.79. The van der Waals surface area contributed by atoms with E-state index in [2.05, 4.69) is 11.4 Å². The van der Waals surface area contributed by atoms with Crippen LogP contribution in [0.2, 0.25) is 0 Å². The maximum absolute atomic E-state index is 10.4. The van der Waals surface area contributed by atoms with Gasteiger partial charge >= 0.3 is 6.09 Å². The molecule has 0 aliphatic heterocycles. The first kappa shape index (κ1) is 13.5. The van der Waals surface area contributed by atoms with Crippen LogP contribution >= 0.6 is 0 Å². The van der Waals surface area contributed by atoms with Crippen LogP contribution in [0.5, 0.6) is 0 Å². The van der Waals surface area contributed by atoms with Crippen LogP contribution in [0.3, 0.4) is 0 Å². The zero-order valence-corrected chi connectivity index (χ0v) is 10.3. The molecule has 17 heavy (non-hydrogen) atoms. The standard InChI is InChI=1S/C13H19NO3/c1-10-6-11(4-3-5-17-2)8-12(7-10)9-14-13(15)16/h6-8,14H,3-5,9H2,1-2H3,(H,15,16). The van der Waals surface area contributed by atoms with Gasteiger partial charge in [-0.25, -0.2) is 4.79 Å². The van der Waals surface area contributed by atoms with Crippen molar-refractivity contribution in [1.82, 2.24) is 5.32 Å². The number of aryl methyl sites for hydroxylation is 2. The highest BCUT2D eigenvalue weighted by Gasteiger charge is 2.01. The average Bonchev–Trinajstić information content (AvgIpc) is 2.26. The molecule has 1 aromatic rings. The van der Waals surface area contributed by atoms with Crippen molar-refractivity contribution in [3.05, 3.63) is 34.9 Å². The lowest BCUT2D eigenvalue weighted by atomic mass is 10.0. The molecule has 0 saturated carbocycles. The van der Waals surface area contributed by atoms with Crippen molar-refractivity contribution in [2.75, 3.05) is 13.7 Å². The van der Waals surface area contributed by atoms with Gasteiger partial charge in [-0.1, -0.05) is 23.8 Å². The molecule has 0 bridgehead atoms. The summed E-state index contributed by atoms with van der Waals surface area (Å²) < 4.78 is 5.01. The molecule has 0 heterocycles. The Morgan fingerprint density at radius 3 is 2.71 bits per heavy atom. The molecule has 0 atom stereocenters. The van der Waals surface area contributed by atoms with E-state index in [1.165, 1.54) is 5.56 Å². The maximum atomic E-state index is 10.4. The Morgan fingerprint density at radius 2 is 2.06 bits per heavy atom. The molecule has 0 spiro atoms. The molecular formula is C13H19NO3. The Kier molecular flexibility index (Phi) is 5.49. The molecule has 1 rings (SSSR count). The maximum Gasteiger partial charge on any atom is 0.404 e. The number of hydrogen-bond donors (Lipinski definition) is 2. The van der Waals surface area contributed by atoms with Gasteiger partial charge in [-0.05, 0) is 30.9 Å². The first-order valence-corrected chi connectivity index (χ1v) is 5.67. The minimum atomic E-state index is -0.993. The number of carbonyl (C=O) groups is 1. The molecule has 0 radical (unpaired) electrons. The fraction of sp³-hybridized carbons (Fsp3) is 0.462. The summed E-state index contributed by atoms with van der Waals surface area (Å²) in [6.45, 7) is 3.12. The molecule has 1 aromatic carbocycles. The molecule has 94 valence electrons. The summed E-state index contributed by atoms with van der Waals surface area (Å²) in [5, 5.41) is 10.9. The van der Waals surface area contributed by atoms with Crippen molar-refractivity contribution in [2.24, 2.45) is 0 Å². The predicted molar refractivity (Wildman–Crippen MR) is 66.2 cm³/mol. The third kappa shape index (κ3) is 5.36. The van der Waals surface area contributed by atoms with Crippen LogP contribution in [0.15, 0.2) is 18.2 Å². The van der Waals surface area contributed by atoms with Gasteiger partial charge in [-0.2, -0.15) is 0 Å². The monoisotopic (exact) mass is 237 g/mol. The van der Waals surface area contributed by atoms with Crippen molar-refractivity contribution < 1.29 is 14.6 Å². The molecule has 2 N–H and O–H groups in total. The average molecular weight is 237 g/mol. The zero-order valence-electron chi connectivity index (χ0n) is 10.3. The molecule has 0 saturated heterocycles. The smallest absolute Gasteiger partial charge is 0.404 e. The van der Waals surface area contributed by atoms with Crippen molar-refractivity contribution >= 4 is 6.09 Å². The van der Waals surface area contributed by atoms with E-state index in [1.54, 1.807) is 7.11 Å². The summed E-state index contributed by atoms with van der Waals surface area (Å²) in [5.74, 6) is 0. The lowest BCUT2D eigenvalue weighted by molar-refractivity contribution is 0.194. The summed E-state index contributed by atoms with van der Waals surface area (Å²) in [7, 11) is 1.69. The number of benzene rings is 1. The molecule has 4 nitrogen and oxygen atoms in total. The van der Waals surface area contributed by atoms with E-state index in [1.807, 2.05) is 19.1 Å². The molecule has 0 fully saturated rings. The minimum Gasteiger partial charge on any atom is -0.465 e. The number of ether oxygens (including phenoxy) is 1. The Morgan fingerprint density at radius 1 is 1.35 bits per heavy atom. The van der Waals surface area contributed by atoms with Gasteiger partial charge in [0.1, 0.15) is 0 Å². The Hall–Kier alpha value is -1.55. The largest absolute Gasteiger partial charge is 0.465 e. The fourth-order valence-electron chi connectivity index (χ4n) is 1.79. The van der Waals surface area contributed by atoms with Crippen LogP contribution in [0.4, 0.5) is 4.79 Å². The van der Waals surface area contributed by atoms with Gasteiger partial charge in [0.2, 0.25) is 0 Å². The van der Waals surface area contributed by atoms with Gasteiger partial charge in [0.15, 0.2) is 0 Å². The van der Waals surface area contributed by atoms with Gasteiger partial charge in [-0.15, -0.1) is 0 Å². The van der Waals surface area contributed by atoms with Crippen molar-refractivity contribution in [3.8, 4) is 0 Å². The van der Waals surface area contributed by atoms with E-state index in [-0.39, 0.29) is 0 Å². The van der Waals surface area contributed by atoms with Gasteiger partial charge in [0, 0.05) is 20.3 Å². The molecular weight excluding hydrogens is 218 g/mol. The van der Waals surface area contributed by atoms with Crippen molar-refractivity contribution in [2.45, 2.75) is 26.3 Å². The lowest BCUT2D eigenvalue weighted by Crippen LogP contribution is -2.20. The van der Waals surface area contributed by atoms with Crippen LogP contribution in [0, 0.1) is 6.92 Å². The van der Waals surface area contributed by atoms with Gasteiger partial charge in [0.05, 0.1) is 0 Å².